The van der Waals surface area contributed by atoms with Gasteiger partial charge in [0, 0.05) is 65.7 Å². The van der Waals surface area contributed by atoms with Crippen LogP contribution in [0.15, 0.2) is 381 Å². The van der Waals surface area contributed by atoms with E-state index in [4.69, 9.17) is 34.3 Å². The molecule has 9 nitrogen and oxygen atoms in total. The quantitative estimate of drug-likeness (QED) is 0.149. The van der Waals surface area contributed by atoms with Crippen LogP contribution in [0.3, 0.4) is 0 Å². The molecule has 9 heteroatoms. The molecule has 2 atom stereocenters. The van der Waals surface area contributed by atoms with Gasteiger partial charge in [-0.1, -0.05) is 315 Å². The number of fused-ring (bicyclic) bond motifs is 28. The number of nitrogens with zero attached hydrogens (tertiary/aromatic N) is 8. The average molecular weight is 1490 g/mol. The van der Waals surface area contributed by atoms with Gasteiger partial charge in [-0.25, -0.2) is 29.9 Å². The van der Waals surface area contributed by atoms with Crippen LogP contribution in [0.2, 0.25) is 0 Å². The highest BCUT2D eigenvalue weighted by molar-refractivity contribution is 6.17. The van der Waals surface area contributed by atoms with Crippen molar-refractivity contribution in [2.24, 2.45) is 0 Å². The van der Waals surface area contributed by atoms with Gasteiger partial charge in [-0.2, -0.15) is 0 Å². The molecule has 117 heavy (non-hydrogen) atoms. The first-order valence-electron chi connectivity index (χ1n) is 40.0. The molecule has 2 aliphatic heterocycles. The van der Waals surface area contributed by atoms with Crippen molar-refractivity contribution in [3.63, 3.8) is 0 Å². The predicted octanol–water partition coefficient (Wildman–Crippen LogP) is 26.0. The Morgan fingerprint density at radius 1 is 0.197 bits per heavy atom. The van der Waals surface area contributed by atoms with Crippen LogP contribution < -0.4 is 0 Å². The zero-order chi connectivity index (χ0) is 76.3. The molecule has 0 amide bonds. The fraction of sp³-hybridized carbons (Fsp3) is 0.0185. The molecule has 0 saturated carbocycles. The second kappa shape index (κ2) is 24.0. The Morgan fingerprint density at radius 3 is 1.36 bits per heavy atom. The number of para-hydroxylation sites is 5. The van der Waals surface area contributed by atoms with Gasteiger partial charge in [0.2, 0.25) is 0 Å². The van der Waals surface area contributed by atoms with Gasteiger partial charge >= 0.3 is 0 Å². The molecule has 0 radical (unpaired) electrons. The average Bonchev–Trinajstić information content (AvgIpc) is 1.51. The van der Waals surface area contributed by atoms with E-state index in [0.29, 0.717) is 34.9 Å². The van der Waals surface area contributed by atoms with E-state index in [9.17, 15) is 0 Å². The Kier molecular flexibility index (Phi) is 13.1. The van der Waals surface area contributed by atoms with E-state index in [1.807, 2.05) is 36.4 Å². The second-order valence-corrected chi connectivity index (χ2v) is 31.4. The summed E-state index contributed by atoms with van der Waals surface area (Å²) in [5, 5.41) is 9.09. The molecule has 7 heterocycles. The van der Waals surface area contributed by atoms with Crippen LogP contribution in [0.5, 0.6) is 0 Å². The zero-order valence-corrected chi connectivity index (χ0v) is 62.8. The molecule has 5 aromatic heterocycles. The maximum Gasteiger partial charge on any atom is 0.164 e. The van der Waals surface area contributed by atoms with Crippen LogP contribution in [0, 0.1) is 0 Å². The van der Waals surface area contributed by atoms with Crippen LogP contribution in [-0.4, -0.2) is 39.0 Å². The Labute approximate surface area is 671 Å². The third-order valence-corrected chi connectivity index (χ3v) is 25.6. The van der Waals surface area contributed by atoms with Crippen molar-refractivity contribution in [2.75, 3.05) is 0 Å². The Morgan fingerprint density at radius 2 is 0.632 bits per heavy atom. The first kappa shape index (κ1) is 64.0. The summed E-state index contributed by atoms with van der Waals surface area (Å²) < 4.78 is 11.5. The second-order valence-electron chi connectivity index (χ2n) is 31.4. The molecule has 0 fully saturated rings. The Hall–Kier alpha value is -15.6. The topological polar surface area (TPSA) is 100 Å². The molecule has 540 valence electrons. The number of hydrogen-bond donors (Lipinski definition) is 0. The fourth-order valence-electron chi connectivity index (χ4n) is 20.9. The highest BCUT2D eigenvalue weighted by Crippen LogP contribution is 2.65. The Balaban J connectivity index is 0.654. The smallest absolute Gasteiger partial charge is 0.164 e. The lowest BCUT2D eigenvalue weighted by Gasteiger charge is -2.39. The molecule has 0 bridgehead atoms. The third-order valence-electron chi connectivity index (χ3n) is 25.6. The van der Waals surface area contributed by atoms with Gasteiger partial charge < -0.3 is 13.6 Å². The van der Waals surface area contributed by atoms with Gasteiger partial charge in [0.05, 0.1) is 44.3 Å². The van der Waals surface area contributed by atoms with Crippen LogP contribution in [-0.2, 0) is 10.8 Å². The van der Waals surface area contributed by atoms with Crippen molar-refractivity contribution in [2.45, 2.75) is 10.8 Å². The SMILES string of the molecule is c1ccc(-c2nc(-c3ccc4c(c3)C3(c5ccccc5-4)c4ccccc4-n4c5ccc(-c6cccc7c6-c6ccccc6C76c7ccc(-c8nc(-c9ccccc9)nc(-c9ccc(-c%10ccccc%10)c%10ccccc9%10)n8)cc7-n7c8ccccc8c8cccc6c87)cc5c5cccc3c54)nc(-c3ccc4c(c3)oc3ccccc34)n2)cc1. The summed E-state index contributed by atoms with van der Waals surface area (Å²) in [6, 6.07) is 137. The van der Waals surface area contributed by atoms with Crippen molar-refractivity contribution in [1.82, 2.24) is 39.0 Å². The van der Waals surface area contributed by atoms with E-state index in [2.05, 4.69) is 349 Å². The van der Waals surface area contributed by atoms with Gasteiger partial charge in [-0.05, 0) is 160 Å². The third kappa shape index (κ3) is 8.75. The lowest BCUT2D eigenvalue weighted by molar-refractivity contribution is 0.669. The molecule has 22 aromatic rings. The van der Waals surface area contributed by atoms with E-state index in [0.717, 1.165) is 105 Å². The monoisotopic (exact) mass is 1490 g/mol. The largest absolute Gasteiger partial charge is 0.456 e. The predicted molar refractivity (Wildman–Crippen MR) is 472 cm³/mol. The van der Waals surface area contributed by atoms with E-state index >= 15 is 0 Å². The number of aromatic nitrogens is 8. The molecule has 26 rings (SSSR count). The van der Waals surface area contributed by atoms with Gasteiger partial charge in [0.25, 0.3) is 0 Å². The van der Waals surface area contributed by atoms with E-state index in [1.165, 1.54) is 105 Å². The molecule has 0 N–H and O–H groups in total. The van der Waals surface area contributed by atoms with Gasteiger partial charge in [-0.3, -0.25) is 0 Å². The minimum Gasteiger partial charge on any atom is -0.456 e. The molecule has 2 aliphatic carbocycles. The summed E-state index contributed by atoms with van der Waals surface area (Å²) in [5.74, 6) is 3.56. The van der Waals surface area contributed by atoms with Crippen molar-refractivity contribution in [1.29, 1.82) is 0 Å². The van der Waals surface area contributed by atoms with Crippen molar-refractivity contribution < 1.29 is 4.42 Å². The summed E-state index contributed by atoms with van der Waals surface area (Å²) in [7, 11) is 0. The van der Waals surface area contributed by atoms with Crippen molar-refractivity contribution in [3.05, 3.63) is 421 Å². The number of furan rings is 1. The first-order valence-corrected chi connectivity index (χ1v) is 40.0. The summed E-state index contributed by atoms with van der Waals surface area (Å²) in [4.78, 5) is 32.4. The number of hydrogen-bond acceptors (Lipinski definition) is 7. The molecule has 2 unspecified atom stereocenters. The summed E-state index contributed by atoms with van der Waals surface area (Å²) in [6.07, 6.45) is 0. The van der Waals surface area contributed by atoms with Gasteiger partial charge in [0.1, 0.15) is 11.2 Å². The van der Waals surface area contributed by atoms with Gasteiger partial charge in [0.15, 0.2) is 34.9 Å². The summed E-state index contributed by atoms with van der Waals surface area (Å²) in [6.45, 7) is 0. The maximum atomic E-state index is 6.46. The molecule has 0 saturated heterocycles. The molecular weight excluding hydrogens is 1430 g/mol. The van der Waals surface area contributed by atoms with Crippen LogP contribution >= 0.6 is 0 Å². The molecule has 17 aromatic carbocycles. The molecule has 2 spiro atoms. The summed E-state index contributed by atoms with van der Waals surface area (Å²) in [5.41, 5.74) is 31.6. The van der Waals surface area contributed by atoms with Crippen LogP contribution in [0.25, 0.3) is 201 Å². The van der Waals surface area contributed by atoms with Gasteiger partial charge in [-0.15, -0.1) is 0 Å². The normalized spacial score (nSPS) is 15.1. The number of rotatable bonds is 8. The zero-order valence-electron chi connectivity index (χ0n) is 62.8. The molecule has 4 aliphatic rings. The molecular formula is C108H62N8O. The first-order chi connectivity index (χ1) is 58.0. The summed E-state index contributed by atoms with van der Waals surface area (Å²) >= 11 is 0. The lowest BCUT2D eigenvalue weighted by Crippen LogP contribution is -2.33. The highest BCUT2D eigenvalue weighted by atomic mass is 16.3. The standard InChI is InChI=1S/C108H62N8O/c1-4-25-63(26-5-1)70-55-56-81(73-32-11-10-31-72(70)73)106-113-102(65-29-8-3-9-30-65)111-104(114-106)68-51-57-87-95(61-68)116-92-46-19-14-34-76(92)79-38-23-44-89(99(79)116)107(87)85-41-17-13-36-82(85)98-71(37-22-43-88(98)107)66-52-58-93-83(59-66)80-39-24-45-90-100(80)115(93)94-47-20-18-42-86(94)108(90)84-40-16-12-33-74(84)75-53-49-67(60-91(75)108)103-109-101(64-27-6-2-7-28-64)110-105(112-103)69-50-54-78-77-35-15-21-48-96(77)117-97(78)62-69/h1-62H. The van der Waals surface area contributed by atoms with Crippen molar-refractivity contribution >= 4 is 76.3 Å². The van der Waals surface area contributed by atoms with Crippen molar-refractivity contribution in [3.8, 4) is 124 Å². The lowest BCUT2D eigenvalue weighted by atomic mass is 9.65. The van der Waals surface area contributed by atoms with E-state index < -0.39 is 10.8 Å². The Bertz CT molecular complexity index is 8100. The fourth-order valence-corrected chi connectivity index (χ4v) is 20.9. The maximum absolute atomic E-state index is 6.46. The van der Waals surface area contributed by atoms with E-state index in [-0.39, 0.29) is 0 Å². The highest BCUT2D eigenvalue weighted by Gasteiger charge is 2.53. The van der Waals surface area contributed by atoms with Crippen LogP contribution in [0.4, 0.5) is 0 Å². The minimum absolute atomic E-state index is 0.567. The number of benzene rings is 17. The van der Waals surface area contributed by atoms with Crippen LogP contribution in [0.1, 0.15) is 44.5 Å². The minimum atomic E-state index is -0.765. The van der Waals surface area contributed by atoms with E-state index in [1.54, 1.807) is 0 Å².